The van der Waals surface area contributed by atoms with Gasteiger partial charge in [0.05, 0.1) is 5.52 Å². The summed E-state index contributed by atoms with van der Waals surface area (Å²) in [5, 5.41) is 9.01. The summed E-state index contributed by atoms with van der Waals surface area (Å²) in [5.74, 6) is 0. The van der Waals surface area contributed by atoms with Gasteiger partial charge in [-0.2, -0.15) is 0 Å². The molecule has 3 heterocycles. The highest BCUT2D eigenvalue weighted by Gasteiger charge is 2.21. The summed E-state index contributed by atoms with van der Waals surface area (Å²) in [6.45, 7) is 0. The van der Waals surface area contributed by atoms with Crippen LogP contribution in [0.1, 0.15) is 0 Å². The van der Waals surface area contributed by atoms with Crippen molar-refractivity contribution in [3.63, 3.8) is 0 Å². The number of fused-ring (bicyclic) bond motifs is 9. The van der Waals surface area contributed by atoms with Crippen LogP contribution >= 0.6 is 22.9 Å². The van der Waals surface area contributed by atoms with Gasteiger partial charge >= 0.3 is 0 Å². The number of hydrogen-bond acceptors (Lipinski definition) is 3. The van der Waals surface area contributed by atoms with Crippen LogP contribution in [0.4, 0.5) is 17.1 Å². The van der Waals surface area contributed by atoms with Crippen LogP contribution in [0.3, 0.4) is 0 Å². The third-order valence-corrected chi connectivity index (χ3v) is 10.6. The molecule has 3 aromatic heterocycles. The number of hydrogen-bond donors (Lipinski definition) is 0. The fraction of sp³-hybridized carbons (Fsp3) is 0. The molecule has 0 aliphatic carbocycles. The normalized spacial score (nSPS) is 11.9. The van der Waals surface area contributed by atoms with Gasteiger partial charge in [-0.05, 0) is 83.6 Å². The molecule has 0 aliphatic heterocycles. The minimum atomic E-state index is 0.748. The summed E-state index contributed by atoms with van der Waals surface area (Å²) in [6, 6.07) is 53.7. The predicted molar refractivity (Wildman–Crippen MR) is 201 cm³/mol. The molecule has 7 aromatic carbocycles. The van der Waals surface area contributed by atoms with Crippen molar-refractivity contribution in [3.8, 4) is 5.69 Å². The van der Waals surface area contributed by atoms with E-state index in [9.17, 15) is 0 Å². The summed E-state index contributed by atoms with van der Waals surface area (Å²) in [7, 11) is 0. The smallest absolute Gasteiger partial charge is 0.137 e. The molecule has 10 aromatic rings. The maximum Gasteiger partial charge on any atom is 0.137 e. The highest BCUT2D eigenvalue weighted by Crippen LogP contribution is 2.46. The van der Waals surface area contributed by atoms with Crippen LogP contribution in [0.5, 0.6) is 0 Å². The Kier molecular flexibility index (Phi) is 5.80. The minimum Gasteiger partial charge on any atom is -0.456 e. The van der Waals surface area contributed by atoms with Crippen LogP contribution < -0.4 is 4.90 Å². The Morgan fingerprint density at radius 2 is 1.23 bits per heavy atom. The summed E-state index contributed by atoms with van der Waals surface area (Å²) >= 11 is 8.35. The van der Waals surface area contributed by atoms with Gasteiger partial charge < -0.3 is 13.9 Å². The van der Waals surface area contributed by atoms with Crippen molar-refractivity contribution >= 4 is 104 Å². The molecular weight excluding hydrogens is 616 g/mol. The van der Waals surface area contributed by atoms with E-state index in [0.717, 1.165) is 55.2 Å². The number of aromatic nitrogens is 1. The van der Waals surface area contributed by atoms with Crippen molar-refractivity contribution in [1.29, 1.82) is 0 Å². The lowest BCUT2D eigenvalue weighted by Crippen LogP contribution is -2.10. The van der Waals surface area contributed by atoms with E-state index in [0.29, 0.717) is 0 Å². The van der Waals surface area contributed by atoms with Gasteiger partial charge in [-0.15, -0.1) is 11.3 Å². The first-order chi connectivity index (χ1) is 23.2. The second-order valence-corrected chi connectivity index (χ2v) is 13.4. The first kappa shape index (κ1) is 26.6. The zero-order chi connectivity index (χ0) is 31.1. The molecule has 0 bridgehead atoms. The second kappa shape index (κ2) is 10.2. The molecule has 3 nitrogen and oxygen atoms in total. The molecule has 0 saturated carbocycles. The SMILES string of the molecule is Clc1ccc2sc3c(c2c1)c1ccc(N(c2ccc4ccccc4c2)c2ccc4c(c2)oc2ccccc24)cc1n3-c1ccccc1. The number of para-hydroxylation sites is 2. The van der Waals surface area contributed by atoms with Crippen molar-refractivity contribution in [1.82, 2.24) is 4.57 Å². The van der Waals surface area contributed by atoms with Gasteiger partial charge in [-0.1, -0.05) is 84.4 Å². The molecule has 0 atom stereocenters. The van der Waals surface area contributed by atoms with Crippen LogP contribution in [0.2, 0.25) is 5.02 Å². The topological polar surface area (TPSA) is 21.3 Å². The van der Waals surface area contributed by atoms with E-state index in [-0.39, 0.29) is 0 Å². The van der Waals surface area contributed by atoms with E-state index in [1.807, 2.05) is 29.5 Å². The van der Waals surface area contributed by atoms with Gasteiger partial charge in [-0.25, -0.2) is 0 Å². The fourth-order valence-electron chi connectivity index (χ4n) is 7.09. The van der Waals surface area contributed by atoms with Gasteiger partial charge in [0.15, 0.2) is 0 Å². The third-order valence-electron chi connectivity index (χ3n) is 9.21. The van der Waals surface area contributed by atoms with Crippen LogP contribution in [0.25, 0.3) is 69.6 Å². The van der Waals surface area contributed by atoms with Gasteiger partial charge in [0.25, 0.3) is 0 Å². The zero-order valence-electron chi connectivity index (χ0n) is 25.0. The van der Waals surface area contributed by atoms with Crippen molar-refractivity contribution in [2.24, 2.45) is 0 Å². The number of halogens is 1. The highest BCUT2D eigenvalue weighted by atomic mass is 35.5. The molecule has 47 heavy (non-hydrogen) atoms. The Morgan fingerprint density at radius 3 is 2.13 bits per heavy atom. The van der Waals surface area contributed by atoms with Crippen LogP contribution in [0.15, 0.2) is 156 Å². The quantitative estimate of drug-likeness (QED) is 0.191. The zero-order valence-corrected chi connectivity index (χ0v) is 26.6. The highest BCUT2D eigenvalue weighted by molar-refractivity contribution is 7.25. The molecule has 222 valence electrons. The van der Waals surface area contributed by atoms with Gasteiger partial charge in [0, 0.05) is 65.5 Å². The van der Waals surface area contributed by atoms with E-state index in [1.54, 1.807) is 0 Å². The molecule has 0 saturated heterocycles. The molecule has 10 rings (SSSR count). The molecule has 0 radical (unpaired) electrons. The van der Waals surface area contributed by atoms with Crippen molar-refractivity contribution in [2.75, 3.05) is 4.90 Å². The van der Waals surface area contributed by atoms with Crippen molar-refractivity contribution in [2.45, 2.75) is 0 Å². The maximum absolute atomic E-state index is 6.55. The molecule has 5 heteroatoms. The standard InChI is InChI=1S/C42H25ClN2OS/c43-28-15-21-40-36(23-28)41-35-20-18-31(24-37(35)45(42(41)47-40)29-10-2-1-3-11-29)44(30-16-14-26-8-4-5-9-27(26)22-30)32-17-19-34-33-12-6-7-13-38(33)46-39(34)25-32/h1-25H. The maximum atomic E-state index is 6.55. The monoisotopic (exact) mass is 640 g/mol. The summed E-state index contributed by atoms with van der Waals surface area (Å²) in [6.07, 6.45) is 0. The van der Waals surface area contributed by atoms with Gasteiger partial charge in [-0.3, -0.25) is 0 Å². The molecule has 0 spiro atoms. The van der Waals surface area contributed by atoms with Crippen LogP contribution in [-0.4, -0.2) is 4.57 Å². The average Bonchev–Trinajstić information content (AvgIpc) is 3.76. The number of anilines is 3. The minimum absolute atomic E-state index is 0.748. The van der Waals surface area contributed by atoms with E-state index in [4.69, 9.17) is 16.0 Å². The van der Waals surface area contributed by atoms with E-state index in [1.165, 1.54) is 36.5 Å². The Hall–Kier alpha value is -5.55. The van der Waals surface area contributed by atoms with E-state index in [2.05, 4.69) is 143 Å². The summed E-state index contributed by atoms with van der Waals surface area (Å²) in [4.78, 5) is 3.55. The Bertz CT molecular complexity index is 2830. The Balaban J connectivity index is 1.26. The van der Waals surface area contributed by atoms with Gasteiger partial charge in [0.1, 0.15) is 16.0 Å². The van der Waals surface area contributed by atoms with Crippen molar-refractivity contribution < 1.29 is 4.42 Å². The third kappa shape index (κ3) is 4.12. The molecular formula is C42H25ClN2OS. The summed E-state index contributed by atoms with van der Waals surface area (Å²) < 4.78 is 10.00. The second-order valence-electron chi connectivity index (χ2n) is 11.9. The van der Waals surface area contributed by atoms with Crippen LogP contribution in [-0.2, 0) is 0 Å². The fourth-order valence-corrected chi connectivity index (χ4v) is 8.49. The number of benzene rings is 7. The number of rotatable bonds is 4. The summed E-state index contributed by atoms with van der Waals surface area (Å²) in [5.41, 5.74) is 7.21. The predicted octanol–water partition coefficient (Wildman–Crippen LogP) is 13.2. The number of nitrogens with zero attached hydrogens (tertiary/aromatic N) is 2. The Morgan fingerprint density at radius 1 is 0.532 bits per heavy atom. The lowest BCUT2D eigenvalue weighted by Gasteiger charge is -2.26. The largest absolute Gasteiger partial charge is 0.456 e. The molecule has 0 unspecified atom stereocenters. The lowest BCUT2D eigenvalue weighted by atomic mass is 10.1. The van der Waals surface area contributed by atoms with E-state index < -0.39 is 0 Å². The number of furan rings is 1. The first-order valence-electron chi connectivity index (χ1n) is 15.6. The Labute approximate surface area is 279 Å². The lowest BCUT2D eigenvalue weighted by molar-refractivity contribution is 0.669. The van der Waals surface area contributed by atoms with Gasteiger partial charge in [0.2, 0.25) is 0 Å². The first-order valence-corrected chi connectivity index (χ1v) is 16.8. The van der Waals surface area contributed by atoms with Crippen molar-refractivity contribution in [3.05, 3.63) is 157 Å². The van der Waals surface area contributed by atoms with Crippen LogP contribution in [0, 0.1) is 0 Å². The average molecular weight is 641 g/mol. The molecule has 0 N–H and O–H groups in total. The molecule has 0 amide bonds. The number of thiophene rings is 1. The van der Waals surface area contributed by atoms with E-state index >= 15 is 0 Å². The molecule has 0 aliphatic rings. The molecule has 0 fully saturated rings.